The summed E-state index contributed by atoms with van der Waals surface area (Å²) in [4.78, 5) is 12.5. The number of anilines is 3. The van der Waals surface area contributed by atoms with Crippen LogP contribution in [0.15, 0.2) is 237 Å². The molecule has 0 N–H and O–H groups in total. The number of rotatable bonds is 9. The Morgan fingerprint density at radius 2 is 0.875 bits per heavy atom. The third kappa shape index (κ3) is 7.05. The first kappa shape index (κ1) is 38.1. The fourth-order valence-corrected chi connectivity index (χ4v) is 8.78. The van der Waals surface area contributed by atoms with Gasteiger partial charge in [0.05, 0.1) is 39.4 Å². The number of aromatic nitrogens is 3. The molecule has 0 saturated carbocycles. The molecule has 0 radical (unpaired) electrons. The van der Waals surface area contributed by atoms with Gasteiger partial charge in [0.25, 0.3) is 0 Å². The number of benzene rings is 9. The maximum absolute atomic E-state index is 11.2. The van der Waals surface area contributed by atoms with E-state index in [1.54, 1.807) is 0 Å². The van der Waals surface area contributed by atoms with Crippen molar-refractivity contribution >= 4 is 38.9 Å². The molecule has 64 heavy (non-hydrogen) atoms. The summed E-state index contributed by atoms with van der Waals surface area (Å²) in [6.45, 7) is 0. The van der Waals surface area contributed by atoms with Crippen LogP contribution >= 0.6 is 0 Å². The summed E-state index contributed by atoms with van der Waals surface area (Å²) >= 11 is 0. The third-order valence-electron chi connectivity index (χ3n) is 11.8. The Bertz CT molecular complexity index is 3380. The van der Waals surface area contributed by atoms with Crippen LogP contribution in [0.3, 0.4) is 0 Å². The van der Waals surface area contributed by atoms with Crippen LogP contribution in [0.5, 0.6) is 0 Å². The van der Waals surface area contributed by atoms with Crippen molar-refractivity contribution in [2.45, 2.75) is 0 Å². The number of hydrogen-bond donors (Lipinski definition) is 0. The second-order valence-corrected chi connectivity index (χ2v) is 15.7. The second kappa shape index (κ2) is 16.5. The first-order chi connectivity index (χ1) is 31.7. The van der Waals surface area contributed by atoms with Crippen molar-refractivity contribution in [1.82, 2.24) is 14.5 Å². The summed E-state index contributed by atoms with van der Waals surface area (Å²) in [6, 6.07) is 84.4. The van der Waals surface area contributed by atoms with Gasteiger partial charge < -0.3 is 9.47 Å². The van der Waals surface area contributed by atoms with Gasteiger partial charge in [0.1, 0.15) is 6.07 Å². The van der Waals surface area contributed by atoms with E-state index in [1.807, 2.05) is 66.7 Å². The fourth-order valence-electron chi connectivity index (χ4n) is 8.78. The molecule has 0 atom stereocenters. The van der Waals surface area contributed by atoms with Gasteiger partial charge in [-0.3, -0.25) is 0 Å². The Balaban J connectivity index is 1.21. The van der Waals surface area contributed by atoms with Crippen molar-refractivity contribution < 1.29 is 0 Å². The zero-order valence-electron chi connectivity index (χ0n) is 34.8. The summed E-state index contributed by atoms with van der Waals surface area (Å²) in [5.41, 5.74) is 15.0. The highest BCUT2D eigenvalue weighted by atomic mass is 15.2. The lowest BCUT2D eigenvalue weighted by atomic mass is 9.99. The van der Waals surface area contributed by atoms with E-state index < -0.39 is 0 Å². The highest BCUT2D eigenvalue weighted by Crippen LogP contribution is 2.47. The molecular formula is C59H39N5. The lowest BCUT2D eigenvalue weighted by Crippen LogP contribution is -2.12. The molecule has 0 saturated heterocycles. The normalized spacial score (nSPS) is 11.1. The maximum Gasteiger partial charge on any atom is 0.160 e. The molecule has 2 aromatic heterocycles. The van der Waals surface area contributed by atoms with Crippen molar-refractivity contribution in [2.24, 2.45) is 0 Å². The van der Waals surface area contributed by atoms with Crippen molar-refractivity contribution in [3.8, 4) is 67.9 Å². The predicted octanol–water partition coefficient (Wildman–Crippen LogP) is 15.3. The van der Waals surface area contributed by atoms with Crippen LogP contribution in [-0.4, -0.2) is 14.5 Å². The maximum atomic E-state index is 11.2. The molecular weight excluding hydrogens is 779 g/mol. The third-order valence-corrected chi connectivity index (χ3v) is 11.8. The Morgan fingerprint density at radius 1 is 0.391 bits per heavy atom. The van der Waals surface area contributed by atoms with Gasteiger partial charge in [0, 0.05) is 38.8 Å². The lowest BCUT2D eigenvalue weighted by Gasteiger charge is -2.28. The highest BCUT2D eigenvalue weighted by molar-refractivity contribution is 6.17. The van der Waals surface area contributed by atoms with Gasteiger partial charge in [-0.05, 0) is 89.0 Å². The number of fused-ring (bicyclic) bond motifs is 3. The lowest BCUT2D eigenvalue weighted by molar-refractivity contribution is 1.15. The highest BCUT2D eigenvalue weighted by Gasteiger charge is 2.25. The standard InChI is InChI=1S/C59H39N5/c60-40-48-35-46(54-39-53(43-23-11-3-12-24-43)61-59(62-54)44-25-13-4-14-26-44)32-33-55(48)64-56-34-31-45(41-19-7-1-8-20-41)36-51(56)52-37-47(42-21-9-2-10-22-42)38-57(58(52)64)63(49-27-15-5-16-28-49)50-29-17-6-18-30-50/h1-39H. The summed E-state index contributed by atoms with van der Waals surface area (Å²) in [7, 11) is 0. The van der Waals surface area contributed by atoms with Crippen molar-refractivity contribution in [2.75, 3.05) is 4.90 Å². The van der Waals surface area contributed by atoms with Gasteiger partial charge in [0.15, 0.2) is 5.82 Å². The average molecular weight is 818 g/mol. The summed E-state index contributed by atoms with van der Waals surface area (Å²) in [6.07, 6.45) is 0. The van der Waals surface area contributed by atoms with Crippen LogP contribution in [0.4, 0.5) is 17.1 Å². The van der Waals surface area contributed by atoms with E-state index in [-0.39, 0.29) is 0 Å². The smallest absolute Gasteiger partial charge is 0.160 e. The number of nitrogens with zero attached hydrogens (tertiary/aromatic N) is 5. The minimum absolute atomic E-state index is 0.522. The Labute approximate surface area is 372 Å². The summed E-state index contributed by atoms with van der Waals surface area (Å²) < 4.78 is 2.29. The minimum Gasteiger partial charge on any atom is -0.308 e. The van der Waals surface area contributed by atoms with Gasteiger partial charge in [-0.15, -0.1) is 0 Å². The van der Waals surface area contributed by atoms with Crippen molar-refractivity contribution in [1.29, 1.82) is 5.26 Å². The van der Waals surface area contributed by atoms with Gasteiger partial charge in [-0.1, -0.05) is 170 Å². The SMILES string of the molecule is N#Cc1cc(-c2cc(-c3ccccc3)nc(-c3ccccc3)n2)ccc1-n1c2ccc(-c3ccccc3)cc2c2cc(-c3ccccc3)cc(N(c3ccccc3)c3ccccc3)c21. The topological polar surface area (TPSA) is 57.7 Å². The quantitative estimate of drug-likeness (QED) is 0.146. The van der Waals surface area contributed by atoms with Crippen molar-refractivity contribution in [3.05, 3.63) is 242 Å². The molecule has 300 valence electrons. The van der Waals surface area contributed by atoms with E-state index in [0.717, 1.165) is 94.9 Å². The fraction of sp³-hybridized carbons (Fsp3) is 0. The second-order valence-electron chi connectivity index (χ2n) is 15.7. The molecule has 9 aromatic carbocycles. The molecule has 0 aliphatic heterocycles. The molecule has 0 spiro atoms. The van der Waals surface area contributed by atoms with Gasteiger partial charge >= 0.3 is 0 Å². The molecule has 0 unspecified atom stereocenters. The van der Waals surface area contributed by atoms with Crippen LogP contribution in [-0.2, 0) is 0 Å². The molecule has 11 rings (SSSR count). The monoisotopic (exact) mass is 817 g/mol. The molecule has 0 fully saturated rings. The van der Waals surface area contributed by atoms with Crippen LogP contribution in [0.1, 0.15) is 5.56 Å². The van der Waals surface area contributed by atoms with Gasteiger partial charge in [-0.25, -0.2) is 9.97 Å². The molecule has 0 bridgehead atoms. The molecule has 0 amide bonds. The number of para-hydroxylation sites is 2. The predicted molar refractivity (Wildman–Crippen MR) is 263 cm³/mol. The largest absolute Gasteiger partial charge is 0.308 e. The number of hydrogen-bond acceptors (Lipinski definition) is 4. The molecule has 2 heterocycles. The Morgan fingerprint density at radius 3 is 1.45 bits per heavy atom. The molecule has 0 aliphatic rings. The van der Waals surface area contributed by atoms with Crippen LogP contribution in [0.25, 0.3) is 83.6 Å². The first-order valence-corrected chi connectivity index (χ1v) is 21.4. The van der Waals surface area contributed by atoms with E-state index in [9.17, 15) is 5.26 Å². The Hall–Kier alpha value is -8.85. The number of nitriles is 1. The van der Waals surface area contributed by atoms with E-state index >= 15 is 0 Å². The average Bonchev–Trinajstić information content (AvgIpc) is 3.71. The van der Waals surface area contributed by atoms with E-state index in [0.29, 0.717) is 11.4 Å². The minimum atomic E-state index is 0.522. The summed E-state index contributed by atoms with van der Waals surface area (Å²) in [5, 5.41) is 13.4. The van der Waals surface area contributed by atoms with E-state index in [1.165, 1.54) is 0 Å². The van der Waals surface area contributed by atoms with E-state index in [4.69, 9.17) is 9.97 Å². The zero-order chi connectivity index (χ0) is 42.8. The first-order valence-electron chi connectivity index (χ1n) is 21.4. The van der Waals surface area contributed by atoms with Gasteiger partial charge in [0.2, 0.25) is 0 Å². The molecule has 11 aromatic rings. The zero-order valence-corrected chi connectivity index (χ0v) is 34.8. The summed E-state index contributed by atoms with van der Waals surface area (Å²) in [5.74, 6) is 0.622. The van der Waals surface area contributed by atoms with Crippen LogP contribution in [0, 0.1) is 11.3 Å². The van der Waals surface area contributed by atoms with Crippen LogP contribution in [0.2, 0.25) is 0 Å². The van der Waals surface area contributed by atoms with E-state index in [2.05, 4.69) is 185 Å². The van der Waals surface area contributed by atoms with Crippen LogP contribution < -0.4 is 4.90 Å². The Kier molecular flexibility index (Phi) is 9.85. The molecule has 5 nitrogen and oxygen atoms in total. The van der Waals surface area contributed by atoms with Crippen molar-refractivity contribution in [3.63, 3.8) is 0 Å². The van der Waals surface area contributed by atoms with Gasteiger partial charge in [-0.2, -0.15) is 5.26 Å². The molecule has 5 heteroatoms. The molecule has 0 aliphatic carbocycles.